The van der Waals surface area contributed by atoms with Crippen molar-refractivity contribution < 1.29 is 13.2 Å². The normalized spacial score (nSPS) is 14.1. The molecule has 26 heavy (non-hydrogen) atoms. The van der Waals surface area contributed by atoms with Crippen molar-refractivity contribution in [3.8, 4) is 0 Å². The standard InChI is InChI=1S/C18H13Cl2F3N2.CH4/c19-14-5-1-11(9-15(14)20)2-6-16-13-4-3-12(18(21,22)23)10-17(13)25-8-7-24-16;/h1-6,9-10,25H,7-8H2;1H4/b6-2+;. The first-order valence-corrected chi connectivity index (χ1v) is 8.23. The number of rotatable bonds is 2. The molecule has 1 aliphatic heterocycles. The third-order valence-electron chi connectivity index (χ3n) is 3.71. The molecule has 1 N–H and O–H groups in total. The van der Waals surface area contributed by atoms with Crippen LogP contribution in [0.5, 0.6) is 0 Å². The summed E-state index contributed by atoms with van der Waals surface area (Å²) in [6, 6.07) is 8.81. The predicted molar refractivity (Wildman–Crippen MR) is 104 cm³/mol. The lowest BCUT2D eigenvalue weighted by atomic mass is 10.0. The van der Waals surface area contributed by atoms with Crippen LogP contribution in [0.15, 0.2) is 47.5 Å². The highest BCUT2D eigenvalue weighted by Gasteiger charge is 2.31. The van der Waals surface area contributed by atoms with E-state index in [0.29, 0.717) is 40.1 Å². The van der Waals surface area contributed by atoms with Gasteiger partial charge in [0.15, 0.2) is 0 Å². The lowest BCUT2D eigenvalue weighted by Gasteiger charge is -2.12. The zero-order chi connectivity index (χ0) is 18.0. The van der Waals surface area contributed by atoms with E-state index < -0.39 is 11.7 Å². The summed E-state index contributed by atoms with van der Waals surface area (Å²) < 4.78 is 38.7. The number of benzodiazepines with no additional fused rings is 1. The van der Waals surface area contributed by atoms with Gasteiger partial charge in [-0.15, -0.1) is 0 Å². The molecule has 1 heterocycles. The number of halogens is 5. The monoisotopic (exact) mass is 400 g/mol. The Morgan fingerprint density at radius 1 is 1.00 bits per heavy atom. The van der Waals surface area contributed by atoms with Gasteiger partial charge >= 0.3 is 6.18 Å². The highest BCUT2D eigenvalue weighted by atomic mass is 35.5. The third-order valence-corrected chi connectivity index (χ3v) is 4.45. The molecule has 7 heteroatoms. The molecule has 0 amide bonds. The molecule has 1 aliphatic rings. The quantitative estimate of drug-likeness (QED) is 0.604. The molecule has 2 aromatic rings. The largest absolute Gasteiger partial charge is 0.416 e. The minimum atomic E-state index is -4.38. The molecule has 0 aromatic heterocycles. The van der Waals surface area contributed by atoms with E-state index in [-0.39, 0.29) is 7.43 Å². The fraction of sp³-hybridized carbons (Fsp3) is 0.211. The van der Waals surface area contributed by atoms with Crippen molar-refractivity contribution in [1.29, 1.82) is 0 Å². The van der Waals surface area contributed by atoms with Crippen molar-refractivity contribution >= 4 is 40.7 Å². The van der Waals surface area contributed by atoms with Crippen LogP contribution in [0.1, 0.15) is 24.1 Å². The number of nitrogens with one attached hydrogen (secondary N) is 1. The summed E-state index contributed by atoms with van der Waals surface area (Å²) in [5.41, 5.74) is 1.79. The van der Waals surface area contributed by atoms with E-state index in [1.165, 1.54) is 6.07 Å². The van der Waals surface area contributed by atoms with Crippen molar-refractivity contribution in [3.63, 3.8) is 0 Å². The SMILES string of the molecule is C.FC(F)(F)c1ccc2c(c1)NCCN=C2/C=C/c1ccc(Cl)c(Cl)c1. The minimum Gasteiger partial charge on any atom is -0.383 e. The maximum absolute atomic E-state index is 12.9. The summed E-state index contributed by atoms with van der Waals surface area (Å²) in [6.45, 7) is 0.940. The highest BCUT2D eigenvalue weighted by Crippen LogP contribution is 2.33. The smallest absolute Gasteiger partial charge is 0.383 e. The maximum atomic E-state index is 12.9. The zero-order valence-electron chi connectivity index (χ0n) is 12.9. The third kappa shape index (κ3) is 4.59. The van der Waals surface area contributed by atoms with Crippen molar-refractivity contribution in [1.82, 2.24) is 0 Å². The predicted octanol–water partition coefficient (Wildman–Crippen LogP) is 6.58. The molecule has 0 fully saturated rings. The summed E-state index contributed by atoms with van der Waals surface area (Å²) in [7, 11) is 0. The second kappa shape index (κ2) is 8.14. The fourth-order valence-corrected chi connectivity index (χ4v) is 2.78. The Kier molecular flexibility index (Phi) is 6.37. The van der Waals surface area contributed by atoms with E-state index in [0.717, 1.165) is 17.7 Å². The number of alkyl halides is 3. The molecular weight excluding hydrogens is 384 g/mol. The maximum Gasteiger partial charge on any atom is 0.416 e. The molecule has 0 radical (unpaired) electrons. The zero-order valence-corrected chi connectivity index (χ0v) is 14.4. The molecule has 0 unspecified atom stereocenters. The van der Waals surface area contributed by atoms with Gasteiger partial charge in [0, 0.05) is 17.8 Å². The molecule has 2 nitrogen and oxygen atoms in total. The second-order valence-electron chi connectivity index (χ2n) is 5.46. The topological polar surface area (TPSA) is 24.4 Å². The number of nitrogens with zero attached hydrogens (tertiary/aromatic N) is 1. The average molecular weight is 401 g/mol. The highest BCUT2D eigenvalue weighted by molar-refractivity contribution is 6.42. The van der Waals surface area contributed by atoms with Gasteiger partial charge in [0.25, 0.3) is 0 Å². The number of aliphatic imine (C=N–C) groups is 1. The van der Waals surface area contributed by atoms with Crippen molar-refractivity contribution in [3.05, 3.63) is 69.2 Å². The number of benzene rings is 2. The molecule has 0 atom stereocenters. The Morgan fingerprint density at radius 2 is 1.77 bits per heavy atom. The van der Waals surface area contributed by atoms with Crippen LogP contribution in [0.2, 0.25) is 10.0 Å². The van der Waals surface area contributed by atoms with Gasteiger partial charge in [0.1, 0.15) is 0 Å². The number of hydrogen-bond acceptors (Lipinski definition) is 2. The van der Waals surface area contributed by atoms with Gasteiger partial charge in [-0.05, 0) is 35.9 Å². The summed E-state index contributed by atoms with van der Waals surface area (Å²) >= 11 is 11.9. The fourth-order valence-electron chi connectivity index (χ4n) is 2.48. The molecular formula is C19H17Cl2F3N2. The van der Waals surface area contributed by atoms with Crippen LogP contribution in [0.3, 0.4) is 0 Å². The van der Waals surface area contributed by atoms with E-state index in [1.807, 2.05) is 0 Å². The molecule has 0 aliphatic carbocycles. The lowest BCUT2D eigenvalue weighted by Crippen LogP contribution is -2.09. The Morgan fingerprint density at radius 3 is 2.46 bits per heavy atom. The van der Waals surface area contributed by atoms with Gasteiger partial charge < -0.3 is 5.32 Å². The first kappa shape index (κ1) is 20.3. The van der Waals surface area contributed by atoms with E-state index >= 15 is 0 Å². The van der Waals surface area contributed by atoms with Gasteiger partial charge in [-0.1, -0.05) is 48.8 Å². The molecule has 0 saturated carbocycles. The second-order valence-corrected chi connectivity index (χ2v) is 6.27. The van der Waals surface area contributed by atoms with E-state index in [2.05, 4.69) is 10.3 Å². The first-order chi connectivity index (χ1) is 11.8. The summed E-state index contributed by atoms with van der Waals surface area (Å²) in [4.78, 5) is 4.44. The van der Waals surface area contributed by atoms with Crippen molar-refractivity contribution in [2.75, 3.05) is 18.4 Å². The molecule has 3 rings (SSSR count). The van der Waals surface area contributed by atoms with Crippen molar-refractivity contribution in [2.24, 2.45) is 4.99 Å². The number of hydrogen-bond donors (Lipinski definition) is 1. The van der Waals surface area contributed by atoms with Crippen molar-refractivity contribution in [2.45, 2.75) is 13.6 Å². The number of allylic oxidation sites excluding steroid dienone is 1. The van der Waals surface area contributed by atoms with Gasteiger partial charge in [-0.3, -0.25) is 4.99 Å². The first-order valence-electron chi connectivity index (χ1n) is 7.48. The molecule has 2 aromatic carbocycles. The molecule has 0 saturated heterocycles. The van der Waals surface area contributed by atoms with Gasteiger partial charge in [-0.2, -0.15) is 13.2 Å². The Bertz CT molecular complexity index is 858. The Labute approximate surface area is 160 Å². The lowest BCUT2D eigenvalue weighted by molar-refractivity contribution is -0.137. The van der Waals surface area contributed by atoms with Gasteiger partial charge in [0.05, 0.1) is 27.9 Å². The van der Waals surface area contributed by atoms with Gasteiger partial charge in [-0.25, -0.2) is 0 Å². The number of fused-ring (bicyclic) bond motifs is 1. The summed E-state index contributed by atoms with van der Waals surface area (Å²) in [5, 5.41) is 3.89. The summed E-state index contributed by atoms with van der Waals surface area (Å²) in [5.74, 6) is 0. The van der Waals surface area contributed by atoms with Gasteiger partial charge in [0.2, 0.25) is 0 Å². The van der Waals surface area contributed by atoms with E-state index in [9.17, 15) is 13.2 Å². The average Bonchev–Trinajstić information content (AvgIpc) is 2.76. The molecule has 138 valence electrons. The van der Waals surface area contributed by atoms with E-state index in [4.69, 9.17) is 23.2 Å². The van der Waals surface area contributed by atoms with Crippen LogP contribution in [0, 0.1) is 0 Å². The van der Waals surface area contributed by atoms with E-state index in [1.54, 1.807) is 30.4 Å². The molecule has 0 spiro atoms. The van der Waals surface area contributed by atoms with Crippen LogP contribution in [0.4, 0.5) is 18.9 Å². The minimum absolute atomic E-state index is 0. The number of anilines is 1. The van der Waals surface area contributed by atoms with Crippen LogP contribution in [-0.4, -0.2) is 18.8 Å². The van der Waals surface area contributed by atoms with Crippen LogP contribution < -0.4 is 5.32 Å². The summed E-state index contributed by atoms with van der Waals surface area (Å²) in [6.07, 6.45) is -0.817. The Balaban J connectivity index is 0.00000243. The molecule has 0 bridgehead atoms. The van der Waals surface area contributed by atoms with Crippen LogP contribution in [-0.2, 0) is 6.18 Å². The Hall–Kier alpha value is -1.98. The van der Waals surface area contributed by atoms with Crippen LogP contribution >= 0.6 is 23.2 Å². The van der Waals surface area contributed by atoms with Crippen LogP contribution in [0.25, 0.3) is 6.08 Å².